The second-order valence-corrected chi connectivity index (χ2v) is 0. The summed E-state index contributed by atoms with van der Waals surface area (Å²) in [6, 6.07) is 0. The van der Waals surface area contributed by atoms with Gasteiger partial charge in [-0.3, -0.25) is 0 Å². The SMILES string of the molecule is [Al+3].[Al+3].[O-2].[O-2].[O-2].[O-2].[O-2].[O-2].[O-2].[O-2].[Ta+5].[Ta+5]. The summed E-state index contributed by atoms with van der Waals surface area (Å²) in [6.07, 6.45) is 0. The fraction of sp³-hybridized carbons (Fsp3) is 0. The molecule has 12 heavy (non-hydrogen) atoms. The molecule has 0 bridgehead atoms. The Morgan fingerprint density at radius 1 is 0.250 bits per heavy atom. The molecule has 0 aromatic rings. The average Bonchev–Trinajstić information content (AvgIpc) is 0. The molecule has 12 heteroatoms. The first-order chi connectivity index (χ1) is 0. The van der Waals surface area contributed by atoms with Crippen molar-refractivity contribution in [1.82, 2.24) is 0 Å². The van der Waals surface area contributed by atoms with Gasteiger partial charge in [-0.1, -0.05) is 0 Å². The number of rotatable bonds is 0. The Labute approximate surface area is 122 Å². The molecular formula is Al2O8Ta2. The maximum atomic E-state index is 0. The standard InChI is InChI=1S/2Al.8O.2Ta/q2*+3;8*-2;2*+5. The predicted molar refractivity (Wildman–Crippen MR) is 17.0 cm³/mol. The molecule has 0 aliphatic carbocycles. The summed E-state index contributed by atoms with van der Waals surface area (Å²) in [5, 5.41) is 0. The van der Waals surface area contributed by atoms with Crippen LogP contribution in [-0.4, -0.2) is 34.7 Å². The van der Waals surface area contributed by atoms with Gasteiger partial charge in [0.1, 0.15) is 0 Å². The van der Waals surface area contributed by atoms with Gasteiger partial charge in [0.15, 0.2) is 0 Å². The zero-order chi connectivity index (χ0) is 0. The average molecular weight is 544 g/mol. The molecule has 64 valence electrons. The number of hydrogen-bond donors (Lipinski definition) is 0. The van der Waals surface area contributed by atoms with Gasteiger partial charge in [0.05, 0.1) is 0 Å². The van der Waals surface area contributed by atoms with Crippen LogP contribution in [0.1, 0.15) is 0 Å². The molecule has 8 nitrogen and oxygen atoms in total. The van der Waals surface area contributed by atoms with Crippen LogP contribution in [0.25, 0.3) is 0 Å². The van der Waals surface area contributed by atoms with Crippen LogP contribution in [0.4, 0.5) is 0 Å². The van der Waals surface area contributed by atoms with E-state index in [4.69, 9.17) is 0 Å². The molecule has 0 amide bonds. The van der Waals surface area contributed by atoms with Gasteiger partial charge >= 0.3 is 79.5 Å². The van der Waals surface area contributed by atoms with E-state index in [0.29, 0.717) is 0 Å². The van der Waals surface area contributed by atoms with Gasteiger partial charge in [-0.05, 0) is 0 Å². The van der Waals surface area contributed by atoms with Crippen molar-refractivity contribution in [2.75, 3.05) is 0 Å². The molecule has 0 rings (SSSR count). The fourth-order valence-electron chi connectivity index (χ4n) is 0. The van der Waals surface area contributed by atoms with E-state index in [1.165, 1.54) is 0 Å². The van der Waals surface area contributed by atoms with E-state index in [1.807, 2.05) is 0 Å². The summed E-state index contributed by atoms with van der Waals surface area (Å²) in [7, 11) is 0. The Bertz CT molecular complexity index is 15.0. The molecule has 0 N–H and O–H groups in total. The van der Waals surface area contributed by atoms with Crippen molar-refractivity contribution in [1.29, 1.82) is 0 Å². The van der Waals surface area contributed by atoms with E-state index in [9.17, 15) is 0 Å². The first-order valence-corrected chi connectivity index (χ1v) is 0. The fourth-order valence-corrected chi connectivity index (χ4v) is 0. The third kappa shape index (κ3) is 311. The summed E-state index contributed by atoms with van der Waals surface area (Å²) in [6.45, 7) is 0. The number of hydrogen-bond acceptors (Lipinski definition) is 0. The largest absolute Gasteiger partial charge is 5.00 e. The third-order valence-electron chi connectivity index (χ3n) is 0. The maximum Gasteiger partial charge on any atom is 5.00 e. The monoisotopic (exact) mass is 544 g/mol. The van der Waals surface area contributed by atoms with Gasteiger partial charge in [-0.15, -0.1) is 0 Å². The van der Waals surface area contributed by atoms with Crippen molar-refractivity contribution < 1.29 is 88.6 Å². The van der Waals surface area contributed by atoms with Crippen LogP contribution < -0.4 is 0 Å². The molecule has 0 saturated carbocycles. The minimum Gasteiger partial charge on any atom is -2.00 e. The zero-order valence-corrected chi connectivity index (χ0v) is 14.1. The molecular weight excluding hydrogens is 544 g/mol. The smallest absolute Gasteiger partial charge is 2.00 e. The van der Waals surface area contributed by atoms with E-state index < -0.39 is 0 Å². The van der Waals surface area contributed by atoms with E-state index >= 15 is 0 Å². The van der Waals surface area contributed by atoms with Crippen LogP contribution in [-0.2, 0) is 88.6 Å². The van der Waals surface area contributed by atoms with Gasteiger partial charge in [-0.25, -0.2) is 0 Å². The Morgan fingerprint density at radius 3 is 0.250 bits per heavy atom. The van der Waals surface area contributed by atoms with E-state index in [1.54, 1.807) is 0 Å². The van der Waals surface area contributed by atoms with Crippen LogP contribution in [0.15, 0.2) is 0 Å². The molecule has 0 fully saturated rings. The molecule has 0 saturated heterocycles. The predicted octanol–water partition coefficient (Wildman–Crippen LogP) is -1.72. The van der Waals surface area contributed by atoms with E-state index in [2.05, 4.69) is 0 Å². The Hall–Kier alpha value is 2.23. The van der Waals surface area contributed by atoms with E-state index in [0.717, 1.165) is 0 Å². The normalized spacial score (nSPS) is 0. The van der Waals surface area contributed by atoms with Crippen molar-refractivity contribution >= 4 is 34.7 Å². The van der Waals surface area contributed by atoms with Crippen molar-refractivity contribution in [3.63, 3.8) is 0 Å². The first kappa shape index (κ1) is 502. The molecule has 0 aromatic carbocycles. The summed E-state index contributed by atoms with van der Waals surface area (Å²) in [4.78, 5) is 0. The van der Waals surface area contributed by atoms with Crippen molar-refractivity contribution in [3.8, 4) is 0 Å². The van der Waals surface area contributed by atoms with Gasteiger partial charge in [0, 0.05) is 0 Å². The van der Waals surface area contributed by atoms with Crippen LogP contribution in [0.2, 0.25) is 0 Å². The van der Waals surface area contributed by atoms with Gasteiger partial charge < -0.3 is 43.8 Å². The van der Waals surface area contributed by atoms with Gasteiger partial charge in [0.25, 0.3) is 0 Å². The first-order valence-electron chi connectivity index (χ1n) is 0. The van der Waals surface area contributed by atoms with Crippen LogP contribution in [0, 0.1) is 0 Å². The molecule has 0 aromatic heterocycles. The Morgan fingerprint density at radius 2 is 0.250 bits per heavy atom. The quantitative estimate of drug-likeness (QED) is 0.310. The molecule has 0 unspecified atom stereocenters. The molecule has 0 spiro atoms. The Kier molecular flexibility index (Phi) is 16700. The second kappa shape index (κ2) is 399. The van der Waals surface area contributed by atoms with Gasteiger partial charge in [0.2, 0.25) is 0 Å². The topological polar surface area (TPSA) is 228 Å². The summed E-state index contributed by atoms with van der Waals surface area (Å²) < 4.78 is 0. The van der Waals surface area contributed by atoms with Crippen LogP contribution >= 0.6 is 0 Å². The summed E-state index contributed by atoms with van der Waals surface area (Å²) in [5.74, 6) is 0. The van der Waals surface area contributed by atoms with Crippen LogP contribution in [0.3, 0.4) is 0 Å². The van der Waals surface area contributed by atoms with Crippen molar-refractivity contribution in [2.45, 2.75) is 0 Å². The molecule has 0 aliphatic heterocycles. The minimum absolute atomic E-state index is 0. The zero-order valence-electron chi connectivity index (χ0n) is 5.32. The molecule has 0 heterocycles. The van der Waals surface area contributed by atoms with Crippen molar-refractivity contribution in [3.05, 3.63) is 0 Å². The minimum atomic E-state index is 0. The van der Waals surface area contributed by atoms with E-state index in [-0.39, 0.29) is 123 Å². The van der Waals surface area contributed by atoms with Crippen molar-refractivity contribution in [2.24, 2.45) is 0 Å². The molecule has 0 atom stereocenters. The van der Waals surface area contributed by atoms with Crippen LogP contribution in [0.5, 0.6) is 0 Å². The van der Waals surface area contributed by atoms with Gasteiger partial charge in [-0.2, -0.15) is 0 Å². The summed E-state index contributed by atoms with van der Waals surface area (Å²) in [5.41, 5.74) is 0. The second-order valence-electron chi connectivity index (χ2n) is 0. The molecule has 0 aliphatic rings. The maximum absolute atomic E-state index is 0. The Balaban J connectivity index is 0. The molecule has 0 radical (unpaired) electrons. The third-order valence-corrected chi connectivity index (χ3v) is 0. The summed E-state index contributed by atoms with van der Waals surface area (Å²) >= 11 is 0.